The second-order valence-corrected chi connectivity index (χ2v) is 5.33. The summed E-state index contributed by atoms with van der Waals surface area (Å²) in [6.07, 6.45) is 0.478. The molecule has 3 heteroatoms. The molecule has 0 unspecified atom stereocenters. The molecule has 0 amide bonds. The minimum Gasteiger partial charge on any atom is -0.485 e. The van der Waals surface area contributed by atoms with Crippen LogP contribution in [0.25, 0.3) is 0 Å². The second-order valence-electron chi connectivity index (χ2n) is 5.33. The van der Waals surface area contributed by atoms with Crippen molar-refractivity contribution in [2.45, 2.75) is 27.2 Å². The van der Waals surface area contributed by atoms with Crippen molar-refractivity contribution < 1.29 is 14.3 Å². The van der Waals surface area contributed by atoms with Crippen molar-refractivity contribution in [2.75, 3.05) is 6.61 Å². The molecule has 0 radical (unpaired) electrons. The lowest BCUT2D eigenvalue weighted by atomic mass is 10.0. The minimum absolute atomic E-state index is 0.00857. The lowest BCUT2D eigenvalue weighted by Gasteiger charge is -2.09. The van der Waals surface area contributed by atoms with Gasteiger partial charge in [0.25, 0.3) is 0 Å². The molecule has 0 aromatic heterocycles. The van der Waals surface area contributed by atoms with Crippen molar-refractivity contribution in [3.8, 4) is 5.75 Å². The smallest absolute Gasteiger partial charge is 0.200 e. The number of ether oxygens (including phenoxy) is 1. The van der Waals surface area contributed by atoms with E-state index in [9.17, 15) is 9.59 Å². The van der Waals surface area contributed by atoms with E-state index in [1.54, 1.807) is 24.3 Å². The summed E-state index contributed by atoms with van der Waals surface area (Å²) in [7, 11) is 0. The summed E-state index contributed by atoms with van der Waals surface area (Å²) in [4.78, 5) is 23.8. The van der Waals surface area contributed by atoms with Gasteiger partial charge in [0.15, 0.2) is 18.2 Å². The third-order valence-corrected chi connectivity index (χ3v) is 3.56. The lowest BCUT2D eigenvalue weighted by molar-refractivity contribution is 0.0919. The Kier molecular flexibility index (Phi) is 5.10. The van der Waals surface area contributed by atoms with E-state index in [1.165, 1.54) is 0 Å². The molecule has 0 spiro atoms. The first-order valence-electron chi connectivity index (χ1n) is 7.37. The summed E-state index contributed by atoms with van der Waals surface area (Å²) in [5, 5.41) is 0. The van der Waals surface area contributed by atoms with Gasteiger partial charge in [0.2, 0.25) is 0 Å². The van der Waals surface area contributed by atoms with E-state index in [0.29, 0.717) is 23.3 Å². The monoisotopic (exact) mass is 296 g/mol. The van der Waals surface area contributed by atoms with Gasteiger partial charge in [-0.2, -0.15) is 0 Å². The van der Waals surface area contributed by atoms with Gasteiger partial charge in [-0.15, -0.1) is 0 Å². The summed E-state index contributed by atoms with van der Waals surface area (Å²) in [6.45, 7) is 5.69. The average Bonchev–Trinajstić information content (AvgIpc) is 2.54. The number of ketones is 2. The fourth-order valence-electron chi connectivity index (χ4n) is 2.20. The van der Waals surface area contributed by atoms with Crippen LogP contribution in [0.1, 0.15) is 45.2 Å². The Morgan fingerprint density at radius 1 is 0.955 bits per heavy atom. The standard InChI is InChI=1S/C19H20O3/c1-4-18(20)15-7-9-16(10-8-15)22-12-19(21)17-11-13(2)5-6-14(17)3/h5-11H,4,12H2,1-3H3. The molecule has 114 valence electrons. The maximum absolute atomic E-state index is 12.2. The van der Waals surface area contributed by atoms with Gasteiger partial charge in [-0.3, -0.25) is 9.59 Å². The Hall–Kier alpha value is -2.42. The molecule has 22 heavy (non-hydrogen) atoms. The van der Waals surface area contributed by atoms with E-state index in [-0.39, 0.29) is 18.2 Å². The lowest BCUT2D eigenvalue weighted by Crippen LogP contribution is -2.13. The van der Waals surface area contributed by atoms with E-state index in [2.05, 4.69) is 0 Å². The Morgan fingerprint density at radius 2 is 1.64 bits per heavy atom. The van der Waals surface area contributed by atoms with E-state index >= 15 is 0 Å². The predicted molar refractivity (Wildman–Crippen MR) is 86.8 cm³/mol. The SMILES string of the molecule is CCC(=O)c1ccc(OCC(=O)c2cc(C)ccc2C)cc1. The maximum Gasteiger partial charge on any atom is 0.200 e. The van der Waals surface area contributed by atoms with Crippen LogP contribution in [0.4, 0.5) is 0 Å². The highest BCUT2D eigenvalue weighted by molar-refractivity contribution is 5.98. The summed E-state index contributed by atoms with van der Waals surface area (Å²) >= 11 is 0. The fraction of sp³-hybridized carbons (Fsp3) is 0.263. The first-order valence-corrected chi connectivity index (χ1v) is 7.37. The van der Waals surface area contributed by atoms with Crippen molar-refractivity contribution in [1.29, 1.82) is 0 Å². The van der Waals surface area contributed by atoms with Crippen molar-refractivity contribution in [3.63, 3.8) is 0 Å². The van der Waals surface area contributed by atoms with Crippen LogP contribution in [0, 0.1) is 13.8 Å². The van der Waals surface area contributed by atoms with E-state index < -0.39 is 0 Å². The summed E-state index contributed by atoms with van der Waals surface area (Å²) in [5.41, 5.74) is 3.35. The molecule has 2 rings (SSSR count). The number of hydrogen-bond acceptors (Lipinski definition) is 3. The van der Waals surface area contributed by atoms with Gasteiger partial charge >= 0.3 is 0 Å². The molecule has 0 bridgehead atoms. The zero-order chi connectivity index (χ0) is 16.1. The number of benzene rings is 2. The molecule has 0 saturated carbocycles. The van der Waals surface area contributed by atoms with Crippen LogP contribution in [0.15, 0.2) is 42.5 Å². The van der Waals surface area contributed by atoms with Crippen LogP contribution >= 0.6 is 0 Å². The number of Topliss-reactive ketones (excluding diaryl/α,β-unsaturated/α-hetero) is 2. The first kappa shape index (κ1) is 16.0. The molecule has 0 saturated heterocycles. The van der Waals surface area contributed by atoms with E-state index in [1.807, 2.05) is 39.0 Å². The van der Waals surface area contributed by atoms with Crippen LogP contribution in [0.3, 0.4) is 0 Å². The highest BCUT2D eigenvalue weighted by atomic mass is 16.5. The van der Waals surface area contributed by atoms with E-state index in [0.717, 1.165) is 11.1 Å². The fourth-order valence-corrected chi connectivity index (χ4v) is 2.20. The Labute approximate surface area is 130 Å². The van der Waals surface area contributed by atoms with Crippen LogP contribution in [-0.4, -0.2) is 18.2 Å². The van der Waals surface area contributed by atoms with Gasteiger partial charge in [0.05, 0.1) is 0 Å². The van der Waals surface area contributed by atoms with Gasteiger partial charge in [-0.25, -0.2) is 0 Å². The Morgan fingerprint density at radius 3 is 2.27 bits per heavy atom. The number of rotatable bonds is 6. The molecule has 0 N–H and O–H groups in total. The zero-order valence-corrected chi connectivity index (χ0v) is 13.2. The molecule has 2 aromatic carbocycles. The Balaban J connectivity index is 2.02. The predicted octanol–water partition coefficient (Wildman–Crippen LogP) is 4.16. The zero-order valence-electron chi connectivity index (χ0n) is 13.2. The molecule has 0 aliphatic carbocycles. The highest BCUT2D eigenvalue weighted by Crippen LogP contribution is 2.15. The molecule has 0 aliphatic rings. The van der Waals surface area contributed by atoms with Crippen LogP contribution in [0.2, 0.25) is 0 Å². The Bertz CT molecular complexity index is 684. The summed E-state index contributed by atoms with van der Waals surface area (Å²) in [6, 6.07) is 12.7. The molecule has 0 aliphatic heterocycles. The van der Waals surface area contributed by atoms with Gasteiger partial charge in [-0.05, 0) is 49.7 Å². The second kappa shape index (κ2) is 7.03. The molecule has 3 nitrogen and oxygen atoms in total. The molecular formula is C19H20O3. The van der Waals surface area contributed by atoms with Gasteiger partial charge in [-0.1, -0.05) is 24.6 Å². The number of carbonyl (C=O) groups is 2. The number of aryl methyl sites for hydroxylation is 2. The van der Waals surface area contributed by atoms with Crippen LogP contribution < -0.4 is 4.74 Å². The highest BCUT2D eigenvalue weighted by Gasteiger charge is 2.10. The molecule has 0 heterocycles. The maximum atomic E-state index is 12.2. The van der Waals surface area contributed by atoms with Gasteiger partial charge in [0, 0.05) is 17.5 Å². The topological polar surface area (TPSA) is 43.4 Å². The average molecular weight is 296 g/mol. The number of hydrogen-bond donors (Lipinski definition) is 0. The molecule has 0 fully saturated rings. The van der Waals surface area contributed by atoms with Crippen molar-refractivity contribution in [2.24, 2.45) is 0 Å². The quantitative estimate of drug-likeness (QED) is 0.752. The van der Waals surface area contributed by atoms with Crippen LogP contribution in [-0.2, 0) is 0 Å². The van der Waals surface area contributed by atoms with E-state index in [4.69, 9.17) is 4.74 Å². The van der Waals surface area contributed by atoms with Crippen molar-refractivity contribution in [1.82, 2.24) is 0 Å². The van der Waals surface area contributed by atoms with Crippen LogP contribution in [0.5, 0.6) is 5.75 Å². The first-order chi connectivity index (χ1) is 10.5. The van der Waals surface area contributed by atoms with Crippen molar-refractivity contribution >= 4 is 11.6 Å². The third kappa shape index (κ3) is 3.82. The van der Waals surface area contributed by atoms with Gasteiger partial charge in [0.1, 0.15) is 5.75 Å². The molecule has 0 atom stereocenters. The molecular weight excluding hydrogens is 276 g/mol. The summed E-state index contributed by atoms with van der Waals surface area (Å²) in [5.74, 6) is 0.638. The third-order valence-electron chi connectivity index (χ3n) is 3.56. The molecule has 2 aromatic rings. The summed E-state index contributed by atoms with van der Waals surface area (Å²) < 4.78 is 5.52. The number of carbonyl (C=O) groups excluding carboxylic acids is 2. The minimum atomic E-state index is -0.0464. The normalized spacial score (nSPS) is 10.3. The largest absolute Gasteiger partial charge is 0.485 e. The van der Waals surface area contributed by atoms with Gasteiger partial charge < -0.3 is 4.74 Å². The van der Waals surface area contributed by atoms with Crippen molar-refractivity contribution in [3.05, 3.63) is 64.7 Å².